The van der Waals surface area contributed by atoms with Gasteiger partial charge >= 0.3 is 5.69 Å². The number of rotatable bonds is 1. The Hall–Kier alpha value is 0.150. The smallest absolute Gasteiger partial charge is 0.328 e. The van der Waals surface area contributed by atoms with Crippen LogP contribution in [0.15, 0.2) is 34.2 Å². The van der Waals surface area contributed by atoms with Crippen molar-refractivity contribution in [1.82, 2.24) is 9.55 Å². The average molecular weight is 611 g/mol. The summed E-state index contributed by atoms with van der Waals surface area (Å²) in [7, 11) is 0. The van der Waals surface area contributed by atoms with Gasteiger partial charge in [-0.1, -0.05) is 17.3 Å². The van der Waals surface area contributed by atoms with E-state index in [2.05, 4.69) is 82.7 Å². The van der Waals surface area contributed by atoms with E-state index in [1.807, 2.05) is 31.2 Å². The largest absolute Gasteiger partial charge is 0.395 e. The molecular formula is C12H12I3N3O2. The van der Waals surface area contributed by atoms with Crippen molar-refractivity contribution in [2.75, 3.05) is 6.61 Å². The molecule has 0 saturated heterocycles. The molecule has 5 nitrogen and oxygen atoms in total. The van der Waals surface area contributed by atoms with E-state index in [-0.39, 0.29) is 5.25 Å². The highest BCUT2D eigenvalue weighted by molar-refractivity contribution is 14.3. The topological polar surface area (TPSA) is 59.4 Å². The molecule has 108 valence electrons. The SMILES string of the molecule is CC1=NOCC1.O=c1[nH]c2ccccc2n1C(I)(I)I. The van der Waals surface area contributed by atoms with Crippen molar-refractivity contribution in [2.24, 2.45) is 5.16 Å². The number of benzene rings is 1. The molecule has 8 heteroatoms. The predicted molar refractivity (Wildman–Crippen MR) is 106 cm³/mol. The Bertz CT molecular complexity index is 685. The Labute approximate surface area is 156 Å². The highest BCUT2D eigenvalue weighted by Crippen LogP contribution is 2.41. The van der Waals surface area contributed by atoms with Gasteiger partial charge in [-0.25, -0.2) is 4.79 Å². The summed E-state index contributed by atoms with van der Waals surface area (Å²) in [6, 6.07) is 7.69. The van der Waals surface area contributed by atoms with Gasteiger partial charge < -0.3 is 9.82 Å². The van der Waals surface area contributed by atoms with Gasteiger partial charge in [0.2, 0.25) is -0.441 Å². The third kappa shape index (κ3) is 4.08. The number of alkyl halides is 3. The first-order valence-corrected chi connectivity index (χ1v) is 9.05. The number of nitrogens with one attached hydrogen (secondary N) is 1. The maximum Gasteiger partial charge on any atom is 0.328 e. The zero-order chi connectivity index (χ0) is 14.8. The van der Waals surface area contributed by atoms with Gasteiger partial charge in [0.25, 0.3) is 0 Å². The van der Waals surface area contributed by atoms with Crippen LogP contribution in [-0.4, -0.2) is 21.9 Å². The number of H-pyrrole nitrogens is 1. The van der Waals surface area contributed by atoms with Crippen molar-refractivity contribution < 1.29 is 4.84 Å². The fourth-order valence-corrected chi connectivity index (χ4v) is 3.14. The summed E-state index contributed by atoms with van der Waals surface area (Å²) in [6.07, 6.45) is 1.01. The molecule has 1 aromatic heterocycles. The lowest BCUT2D eigenvalue weighted by Crippen LogP contribution is -2.24. The molecule has 20 heavy (non-hydrogen) atoms. The van der Waals surface area contributed by atoms with Crippen molar-refractivity contribution in [3.8, 4) is 0 Å². The van der Waals surface area contributed by atoms with Gasteiger partial charge in [0, 0.05) is 6.42 Å². The maximum absolute atomic E-state index is 11.7. The van der Waals surface area contributed by atoms with E-state index < -0.39 is 0 Å². The maximum atomic E-state index is 11.7. The highest BCUT2D eigenvalue weighted by Gasteiger charge is 2.24. The molecule has 2 heterocycles. The zero-order valence-corrected chi connectivity index (χ0v) is 17.0. The Morgan fingerprint density at radius 2 is 2.05 bits per heavy atom. The number of oxime groups is 1. The van der Waals surface area contributed by atoms with Crippen LogP contribution < -0.4 is 5.69 Å². The van der Waals surface area contributed by atoms with Crippen LogP contribution in [0.4, 0.5) is 0 Å². The summed E-state index contributed by atoms with van der Waals surface area (Å²) in [4.78, 5) is 19.1. The van der Waals surface area contributed by atoms with Gasteiger partial charge in [-0.2, -0.15) is 0 Å². The predicted octanol–water partition coefficient (Wildman–Crippen LogP) is 3.99. The monoisotopic (exact) mass is 611 g/mol. The second-order valence-corrected chi connectivity index (χ2v) is 15.0. The van der Waals surface area contributed by atoms with E-state index in [1.165, 1.54) is 0 Å². The lowest BCUT2D eigenvalue weighted by molar-refractivity contribution is 0.173. The van der Waals surface area contributed by atoms with Crippen LogP contribution in [0.2, 0.25) is 0 Å². The van der Waals surface area contributed by atoms with Gasteiger partial charge in [0.15, 0.2) is 0 Å². The molecule has 0 spiro atoms. The molecule has 2 aromatic rings. The summed E-state index contributed by atoms with van der Waals surface area (Å²) in [5, 5.41) is 3.65. The molecule has 0 saturated carbocycles. The lowest BCUT2D eigenvalue weighted by Gasteiger charge is -2.13. The molecule has 0 fully saturated rings. The third-order valence-corrected chi connectivity index (χ3v) is 4.07. The van der Waals surface area contributed by atoms with Crippen LogP contribution in [-0.2, 0) is 4.40 Å². The Morgan fingerprint density at radius 3 is 2.55 bits per heavy atom. The summed E-state index contributed by atoms with van der Waals surface area (Å²) in [6.45, 7) is 2.75. The molecule has 0 amide bonds. The summed E-state index contributed by atoms with van der Waals surface area (Å²) < 4.78 is 1.47. The van der Waals surface area contributed by atoms with Gasteiger partial charge in [0.1, 0.15) is 6.61 Å². The standard InChI is InChI=1S/C8H5I3N2O.C4H7NO/c9-8(10,11)13-6-4-2-1-3-5(6)12-7(13)14;1-4-2-3-6-5-4/h1-4H,(H,12,14);2-3H2,1H3. The number of halogens is 3. The van der Waals surface area contributed by atoms with Crippen molar-refractivity contribution in [3.05, 3.63) is 34.7 Å². The number of nitrogens with zero attached hydrogens (tertiary/aromatic N) is 2. The van der Waals surface area contributed by atoms with E-state index in [1.54, 1.807) is 4.57 Å². The number of hydrogen-bond acceptors (Lipinski definition) is 3. The first-order chi connectivity index (χ1) is 9.39. The van der Waals surface area contributed by atoms with Gasteiger partial charge in [-0.15, -0.1) is 0 Å². The molecule has 3 rings (SSSR count). The molecule has 1 N–H and O–H groups in total. The zero-order valence-electron chi connectivity index (χ0n) is 10.6. The summed E-state index contributed by atoms with van der Waals surface area (Å²) in [5.74, 6) is 0. The van der Waals surface area contributed by atoms with E-state index in [0.717, 1.165) is 29.8 Å². The second-order valence-electron chi connectivity index (χ2n) is 4.16. The van der Waals surface area contributed by atoms with Gasteiger partial charge in [0.05, 0.1) is 16.7 Å². The normalized spacial score (nSPS) is 14.5. The van der Waals surface area contributed by atoms with Crippen molar-refractivity contribution >= 4 is 84.5 Å². The Balaban J connectivity index is 0.000000205. The van der Waals surface area contributed by atoms with Crippen LogP contribution in [0.25, 0.3) is 11.0 Å². The van der Waals surface area contributed by atoms with E-state index >= 15 is 0 Å². The average Bonchev–Trinajstić information content (AvgIpc) is 2.94. The third-order valence-electron chi connectivity index (χ3n) is 2.62. The summed E-state index contributed by atoms with van der Waals surface area (Å²) in [5.41, 5.74) is 2.86. The number of aromatic amines is 1. The van der Waals surface area contributed by atoms with Crippen LogP contribution in [0.3, 0.4) is 0 Å². The van der Waals surface area contributed by atoms with Crippen LogP contribution in [0.1, 0.15) is 13.3 Å². The number of aromatic nitrogens is 2. The van der Waals surface area contributed by atoms with E-state index in [4.69, 9.17) is 0 Å². The number of imidazole rings is 1. The minimum atomic E-state index is -0.274. The molecule has 0 unspecified atom stereocenters. The van der Waals surface area contributed by atoms with Crippen LogP contribution in [0, 0.1) is 0 Å². The van der Waals surface area contributed by atoms with Crippen molar-refractivity contribution in [3.63, 3.8) is 0 Å². The molecular weight excluding hydrogens is 599 g/mol. The van der Waals surface area contributed by atoms with Crippen molar-refractivity contribution in [1.29, 1.82) is 0 Å². The molecule has 0 bridgehead atoms. The van der Waals surface area contributed by atoms with Crippen molar-refractivity contribution in [2.45, 2.75) is 12.9 Å². The number of hydrogen-bond donors (Lipinski definition) is 1. The number of para-hydroxylation sites is 2. The second kappa shape index (κ2) is 6.94. The molecule has 0 aliphatic carbocycles. The molecule has 1 aliphatic rings. The van der Waals surface area contributed by atoms with E-state index in [0.29, 0.717) is 0 Å². The Kier molecular flexibility index (Phi) is 5.73. The minimum Gasteiger partial charge on any atom is -0.395 e. The van der Waals surface area contributed by atoms with E-state index in [9.17, 15) is 4.79 Å². The Morgan fingerprint density at radius 1 is 1.35 bits per heavy atom. The fourth-order valence-electron chi connectivity index (χ4n) is 1.70. The van der Waals surface area contributed by atoms with Gasteiger partial charge in [-0.05, 0) is 86.8 Å². The lowest BCUT2D eigenvalue weighted by atomic mass is 10.3. The summed E-state index contributed by atoms with van der Waals surface area (Å²) >= 11 is 6.69. The first-order valence-electron chi connectivity index (χ1n) is 5.82. The molecule has 0 radical (unpaired) electrons. The van der Waals surface area contributed by atoms with Crippen LogP contribution >= 0.6 is 67.8 Å². The minimum absolute atomic E-state index is 0.0654. The van der Waals surface area contributed by atoms with Crippen LogP contribution in [0.5, 0.6) is 0 Å². The first kappa shape index (κ1) is 16.5. The quantitative estimate of drug-likeness (QED) is 0.392. The molecule has 1 aliphatic heterocycles. The molecule has 1 aromatic carbocycles. The number of fused-ring (bicyclic) bond motifs is 1. The highest BCUT2D eigenvalue weighted by atomic mass is 127. The fraction of sp³-hybridized carbons (Fsp3) is 0.333. The van der Waals surface area contributed by atoms with Gasteiger partial charge in [-0.3, -0.25) is 4.57 Å². The molecule has 0 atom stereocenters.